The molecule has 0 aromatic carbocycles. The van der Waals surface area contributed by atoms with Crippen molar-refractivity contribution < 1.29 is 4.79 Å². The lowest BCUT2D eigenvalue weighted by molar-refractivity contribution is 0.0588. The molecule has 0 atom stereocenters. The van der Waals surface area contributed by atoms with Crippen molar-refractivity contribution in [1.82, 2.24) is 20.1 Å². The number of urea groups is 1. The van der Waals surface area contributed by atoms with E-state index < -0.39 is 0 Å². The number of nitrogens with zero attached hydrogens (tertiary/aromatic N) is 4. The van der Waals surface area contributed by atoms with E-state index in [2.05, 4.69) is 21.3 Å². The molecule has 2 fully saturated rings. The van der Waals surface area contributed by atoms with Gasteiger partial charge in [0.15, 0.2) is 0 Å². The largest absolute Gasteiger partial charge is 0.336 e. The van der Waals surface area contributed by atoms with Crippen LogP contribution in [0.25, 0.3) is 0 Å². The summed E-state index contributed by atoms with van der Waals surface area (Å²) >= 11 is 0. The Morgan fingerprint density at radius 1 is 1.53 bits per heavy atom. The second-order valence-corrected chi connectivity index (χ2v) is 4.92. The Morgan fingerprint density at radius 3 is 3.05 bits per heavy atom. The predicted octanol–water partition coefficient (Wildman–Crippen LogP) is 0.163. The maximum Gasteiger partial charge on any atom is 0.317 e. The molecule has 2 saturated heterocycles. The molecule has 6 nitrogen and oxygen atoms in total. The van der Waals surface area contributed by atoms with E-state index in [0.29, 0.717) is 11.6 Å². The maximum atomic E-state index is 11.5. The fourth-order valence-corrected chi connectivity index (χ4v) is 2.61. The average Bonchev–Trinajstić information content (AvgIpc) is 2.80. The summed E-state index contributed by atoms with van der Waals surface area (Å²) in [6, 6.07) is 4.40. The van der Waals surface area contributed by atoms with Crippen molar-refractivity contribution in [2.24, 2.45) is 0 Å². The van der Waals surface area contributed by atoms with Crippen LogP contribution in [0.3, 0.4) is 0 Å². The van der Waals surface area contributed by atoms with Crippen molar-refractivity contribution in [3.8, 4) is 6.07 Å². The summed E-state index contributed by atoms with van der Waals surface area (Å²) in [5.41, 5.74) is 1.63. The molecule has 2 amide bonds. The van der Waals surface area contributed by atoms with Gasteiger partial charge < -0.3 is 10.2 Å². The Bertz CT molecular complexity index is 532. The van der Waals surface area contributed by atoms with E-state index in [-0.39, 0.29) is 6.03 Å². The minimum atomic E-state index is 0.0475. The van der Waals surface area contributed by atoms with Crippen molar-refractivity contribution in [2.75, 3.05) is 26.2 Å². The summed E-state index contributed by atoms with van der Waals surface area (Å²) in [6.45, 7) is 4.05. The molecule has 0 aliphatic carbocycles. The van der Waals surface area contributed by atoms with Crippen molar-refractivity contribution in [3.05, 3.63) is 29.6 Å². The lowest BCUT2D eigenvalue weighted by Gasteiger charge is -2.43. The predicted molar refractivity (Wildman–Crippen MR) is 68.1 cm³/mol. The van der Waals surface area contributed by atoms with Crippen LogP contribution in [0.15, 0.2) is 18.5 Å². The molecule has 3 rings (SSSR count). The third-order valence-corrected chi connectivity index (χ3v) is 3.69. The molecule has 2 aliphatic heterocycles. The molecule has 1 aromatic heterocycles. The number of carbonyl (C=O) groups is 1. The molecule has 0 radical (unpaired) electrons. The summed E-state index contributed by atoms with van der Waals surface area (Å²) in [5, 5.41) is 11.8. The molecule has 1 aromatic rings. The molecule has 3 heterocycles. The zero-order valence-electron chi connectivity index (χ0n) is 10.5. The molecule has 98 valence electrons. The van der Waals surface area contributed by atoms with E-state index in [1.165, 1.54) is 0 Å². The van der Waals surface area contributed by atoms with E-state index in [1.807, 2.05) is 11.0 Å². The Hall–Kier alpha value is -2.13. The lowest BCUT2D eigenvalue weighted by atomic mass is 10.0. The van der Waals surface area contributed by atoms with Crippen LogP contribution in [0.5, 0.6) is 0 Å². The first kappa shape index (κ1) is 11.9. The SMILES string of the molecule is N#Cc1cnccc1CN1CC(N2CCNC2=O)C1. The fourth-order valence-electron chi connectivity index (χ4n) is 2.61. The van der Waals surface area contributed by atoms with Crippen molar-refractivity contribution in [1.29, 1.82) is 5.26 Å². The first-order valence-corrected chi connectivity index (χ1v) is 6.38. The summed E-state index contributed by atoms with van der Waals surface area (Å²) in [7, 11) is 0. The number of nitrogens with one attached hydrogen (secondary N) is 1. The minimum absolute atomic E-state index is 0.0475. The van der Waals surface area contributed by atoms with Crippen LogP contribution in [0, 0.1) is 11.3 Å². The van der Waals surface area contributed by atoms with Gasteiger partial charge in [-0.05, 0) is 11.6 Å². The number of hydrogen-bond donors (Lipinski definition) is 1. The van der Waals surface area contributed by atoms with Crippen LogP contribution in [0.2, 0.25) is 0 Å². The Kier molecular flexibility index (Phi) is 3.05. The average molecular weight is 257 g/mol. The highest BCUT2D eigenvalue weighted by molar-refractivity contribution is 5.76. The number of amides is 2. The number of pyridine rings is 1. The van der Waals surface area contributed by atoms with Crippen LogP contribution in [-0.2, 0) is 6.54 Å². The number of nitriles is 1. The molecule has 2 aliphatic rings. The van der Waals surface area contributed by atoms with Crippen molar-refractivity contribution in [3.63, 3.8) is 0 Å². The van der Waals surface area contributed by atoms with Gasteiger partial charge in [0.25, 0.3) is 0 Å². The zero-order chi connectivity index (χ0) is 13.2. The summed E-state index contributed by atoms with van der Waals surface area (Å²) in [6.07, 6.45) is 3.31. The second-order valence-electron chi connectivity index (χ2n) is 4.92. The highest BCUT2D eigenvalue weighted by Gasteiger charge is 2.36. The molecule has 0 unspecified atom stereocenters. The smallest absolute Gasteiger partial charge is 0.317 e. The van der Waals surface area contributed by atoms with Crippen LogP contribution >= 0.6 is 0 Å². The number of rotatable bonds is 3. The molecular formula is C13H15N5O. The standard InChI is InChI=1S/C13H15N5O/c14-5-11-6-15-2-1-10(11)7-17-8-12(9-17)18-4-3-16-13(18)19/h1-2,6,12H,3-4,7-9H2,(H,16,19). The normalized spacial score (nSPS) is 19.9. The highest BCUT2D eigenvalue weighted by Crippen LogP contribution is 2.20. The molecular weight excluding hydrogens is 242 g/mol. The zero-order valence-corrected chi connectivity index (χ0v) is 10.5. The van der Waals surface area contributed by atoms with E-state index in [0.717, 1.165) is 38.3 Å². The Labute approximate surface area is 111 Å². The monoisotopic (exact) mass is 257 g/mol. The third-order valence-electron chi connectivity index (χ3n) is 3.69. The summed E-state index contributed by atoms with van der Waals surface area (Å²) in [4.78, 5) is 19.6. The van der Waals surface area contributed by atoms with Gasteiger partial charge in [0, 0.05) is 45.1 Å². The number of hydrogen-bond acceptors (Lipinski definition) is 4. The van der Waals surface area contributed by atoms with E-state index in [4.69, 9.17) is 5.26 Å². The number of carbonyl (C=O) groups excluding carboxylic acids is 1. The number of aromatic nitrogens is 1. The molecule has 0 spiro atoms. The first-order chi connectivity index (χ1) is 9.28. The molecule has 6 heteroatoms. The lowest BCUT2D eigenvalue weighted by Crippen LogP contribution is -2.59. The summed E-state index contributed by atoms with van der Waals surface area (Å²) < 4.78 is 0. The van der Waals surface area contributed by atoms with Gasteiger partial charge >= 0.3 is 6.03 Å². The van der Waals surface area contributed by atoms with Crippen molar-refractivity contribution in [2.45, 2.75) is 12.6 Å². The number of likely N-dealkylation sites (tertiary alicyclic amines) is 1. The topological polar surface area (TPSA) is 72.3 Å². The molecule has 19 heavy (non-hydrogen) atoms. The van der Waals surface area contributed by atoms with Crippen LogP contribution in [0.1, 0.15) is 11.1 Å². The third kappa shape index (κ3) is 2.25. The van der Waals surface area contributed by atoms with Gasteiger partial charge in [-0.3, -0.25) is 9.88 Å². The van der Waals surface area contributed by atoms with Gasteiger partial charge in [0.2, 0.25) is 0 Å². The Balaban J connectivity index is 1.57. The first-order valence-electron chi connectivity index (χ1n) is 6.38. The van der Waals surface area contributed by atoms with E-state index in [9.17, 15) is 4.79 Å². The quantitative estimate of drug-likeness (QED) is 0.837. The van der Waals surface area contributed by atoms with E-state index in [1.54, 1.807) is 12.4 Å². The van der Waals surface area contributed by atoms with Crippen LogP contribution in [0.4, 0.5) is 4.79 Å². The van der Waals surface area contributed by atoms with Crippen LogP contribution < -0.4 is 5.32 Å². The van der Waals surface area contributed by atoms with Gasteiger partial charge in [0.05, 0.1) is 11.6 Å². The van der Waals surface area contributed by atoms with Gasteiger partial charge in [-0.1, -0.05) is 0 Å². The summed E-state index contributed by atoms with van der Waals surface area (Å²) in [5.74, 6) is 0. The molecule has 1 N–H and O–H groups in total. The second kappa shape index (κ2) is 4.86. The maximum absolute atomic E-state index is 11.5. The van der Waals surface area contributed by atoms with E-state index >= 15 is 0 Å². The minimum Gasteiger partial charge on any atom is -0.336 e. The van der Waals surface area contributed by atoms with Crippen LogP contribution in [-0.4, -0.2) is 53.0 Å². The van der Waals surface area contributed by atoms with Gasteiger partial charge in [-0.2, -0.15) is 5.26 Å². The fraction of sp³-hybridized carbons (Fsp3) is 0.462. The van der Waals surface area contributed by atoms with Gasteiger partial charge in [-0.25, -0.2) is 4.79 Å². The molecule has 0 saturated carbocycles. The van der Waals surface area contributed by atoms with Crippen molar-refractivity contribution >= 4 is 6.03 Å². The van der Waals surface area contributed by atoms with Gasteiger partial charge in [-0.15, -0.1) is 0 Å². The highest BCUT2D eigenvalue weighted by atomic mass is 16.2. The van der Waals surface area contributed by atoms with Gasteiger partial charge in [0.1, 0.15) is 6.07 Å². The Morgan fingerprint density at radius 2 is 2.37 bits per heavy atom. The molecule has 0 bridgehead atoms.